The zero-order valence-corrected chi connectivity index (χ0v) is 19.9. The normalized spacial score (nSPS) is 14.1. The maximum atomic E-state index is 6.19. The van der Waals surface area contributed by atoms with Crippen molar-refractivity contribution in [2.75, 3.05) is 45.4 Å². The van der Waals surface area contributed by atoms with E-state index in [-0.39, 0.29) is 6.61 Å². The predicted molar refractivity (Wildman–Crippen MR) is 129 cm³/mol. The van der Waals surface area contributed by atoms with Crippen molar-refractivity contribution in [3.8, 4) is 28.1 Å². The second-order valence-corrected chi connectivity index (χ2v) is 8.73. The van der Waals surface area contributed by atoms with E-state index in [0.717, 1.165) is 24.2 Å². The van der Waals surface area contributed by atoms with Gasteiger partial charge in [0.15, 0.2) is 5.76 Å². The fraction of sp³-hybridized carbons (Fsp3) is 0.304. The van der Waals surface area contributed by atoms with Crippen LogP contribution in [0.25, 0.3) is 27.4 Å². The lowest BCUT2D eigenvalue weighted by molar-refractivity contribution is 0.122. The van der Waals surface area contributed by atoms with Crippen molar-refractivity contribution in [3.05, 3.63) is 42.4 Å². The number of rotatable bonds is 7. The van der Waals surface area contributed by atoms with Gasteiger partial charge in [-0.05, 0) is 23.5 Å². The topological polar surface area (TPSA) is 109 Å². The number of ether oxygens (including phenoxy) is 4. The van der Waals surface area contributed by atoms with E-state index in [1.54, 1.807) is 31.1 Å². The third-order valence-electron chi connectivity index (χ3n) is 5.63. The molecule has 0 aliphatic carbocycles. The highest BCUT2D eigenvalue weighted by Gasteiger charge is 2.18. The van der Waals surface area contributed by atoms with Gasteiger partial charge in [-0.1, -0.05) is 0 Å². The van der Waals surface area contributed by atoms with Gasteiger partial charge in [-0.25, -0.2) is 19.5 Å². The lowest BCUT2D eigenvalue weighted by Crippen LogP contribution is -2.37. The Kier molecular flexibility index (Phi) is 5.58. The summed E-state index contributed by atoms with van der Waals surface area (Å²) in [6.07, 6.45) is 3.55. The van der Waals surface area contributed by atoms with E-state index in [1.807, 2.05) is 24.3 Å². The summed E-state index contributed by atoms with van der Waals surface area (Å²) in [7, 11) is 3.19. The predicted octanol–water partition coefficient (Wildman–Crippen LogP) is 3.43. The molecule has 1 aromatic carbocycles. The van der Waals surface area contributed by atoms with Gasteiger partial charge in [0, 0.05) is 31.4 Å². The van der Waals surface area contributed by atoms with E-state index in [4.69, 9.17) is 23.4 Å². The van der Waals surface area contributed by atoms with Crippen molar-refractivity contribution in [2.24, 2.45) is 0 Å². The first-order chi connectivity index (χ1) is 17.2. The molecule has 180 valence electrons. The molecule has 0 atom stereocenters. The monoisotopic (exact) mass is 494 g/mol. The Labute approximate surface area is 203 Å². The fourth-order valence-corrected chi connectivity index (χ4v) is 4.56. The number of hydrogen-bond donors (Lipinski definition) is 0. The van der Waals surface area contributed by atoms with E-state index in [9.17, 15) is 0 Å². The van der Waals surface area contributed by atoms with Gasteiger partial charge in [-0.2, -0.15) is 0 Å². The van der Waals surface area contributed by atoms with Crippen LogP contribution in [0.4, 0.5) is 5.95 Å². The van der Waals surface area contributed by atoms with Crippen LogP contribution in [0.3, 0.4) is 0 Å². The number of methoxy groups -OCH3 is 2. The number of anilines is 1. The molecule has 35 heavy (non-hydrogen) atoms. The summed E-state index contributed by atoms with van der Waals surface area (Å²) in [6.45, 7) is 3.16. The van der Waals surface area contributed by atoms with E-state index in [1.165, 1.54) is 11.3 Å². The zero-order valence-electron chi connectivity index (χ0n) is 19.1. The Bertz CT molecular complexity index is 1460. The number of hydrogen-bond acceptors (Lipinski definition) is 11. The highest BCUT2D eigenvalue weighted by molar-refractivity contribution is 7.18. The smallest absolute Gasteiger partial charge is 0.294 e. The number of imidazole rings is 1. The zero-order chi connectivity index (χ0) is 23.8. The van der Waals surface area contributed by atoms with Gasteiger partial charge in [-0.3, -0.25) is 0 Å². The minimum absolute atomic E-state index is 0.270. The molecule has 0 amide bonds. The van der Waals surface area contributed by atoms with Crippen molar-refractivity contribution >= 4 is 33.2 Å². The number of aromatic nitrogens is 5. The first-order valence-corrected chi connectivity index (χ1v) is 11.8. The highest BCUT2D eigenvalue weighted by Crippen LogP contribution is 2.37. The highest BCUT2D eigenvalue weighted by atomic mass is 32.1. The van der Waals surface area contributed by atoms with Crippen LogP contribution in [0.1, 0.15) is 5.69 Å². The summed E-state index contributed by atoms with van der Waals surface area (Å²) in [4.78, 5) is 16.5. The molecule has 5 aromatic rings. The van der Waals surface area contributed by atoms with E-state index in [0.29, 0.717) is 57.9 Å². The SMILES string of the molecule is COc1cc(OCc2ccnc(N3CCOCC3)n2)c2cc(-c3cn4nc(OC)sc4n3)oc2c1. The molecule has 6 rings (SSSR count). The first kappa shape index (κ1) is 21.6. The molecule has 1 fully saturated rings. The minimum atomic E-state index is 0.270. The third-order valence-corrected chi connectivity index (χ3v) is 6.51. The van der Waals surface area contributed by atoms with Crippen LogP contribution >= 0.6 is 11.3 Å². The van der Waals surface area contributed by atoms with Crippen molar-refractivity contribution in [2.45, 2.75) is 6.61 Å². The molecule has 1 saturated heterocycles. The van der Waals surface area contributed by atoms with E-state index >= 15 is 0 Å². The standard InChI is InChI=1S/C23H22N6O5S/c1-30-15-9-18(33-13-14-3-4-24-21(25-14)28-5-7-32-8-6-28)16-11-20(34-19(16)10-15)17-12-29-22(26-17)35-23(27-29)31-2/h3-4,9-12H,5-8,13H2,1-2H3. The van der Waals surface area contributed by atoms with Crippen molar-refractivity contribution in [3.63, 3.8) is 0 Å². The third kappa shape index (κ3) is 4.21. The largest absolute Gasteiger partial charge is 0.496 e. The summed E-state index contributed by atoms with van der Waals surface area (Å²) in [5.74, 6) is 2.54. The van der Waals surface area contributed by atoms with Crippen LogP contribution in [0.2, 0.25) is 0 Å². The van der Waals surface area contributed by atoms with E-state index in [2.05, 4.69) is 25.0 Å². The second kappa shape index (κ2) is 9.04. The van der Waals surface area contributed by atoms with Crippen LogP contribution in [0.5, 0.6) is 16.7 Å². The van der Waals surface area contributed by atoms with Crippen LogP contribution in [-0.4, -0.2) is 65.1 Å². The first-order valence-electron chi connectivity index (χ1n) is 11.0. The van der Waals surface area contributed by atoms with Gasteiger partial charge >= 0.3 is 0 Å². The quantitative estimate of drug-likeness (QED) is 0.334. The second-order valence-electron chi connectivity index (χ2n) is 7.81. The molecule has 11 nitrogen and oxygen atoms in total. The van der Waals surface area contributed by atoms with Gasteiger partial charge in [0.05, 0.1) is 44.7 Å². The molecular formula is C23H22N6O5S. The van der Waals surface area contributed by atoms with Gasteiger partial charge in [-0.15, -0.1) is 5.10 Å². The maximum Gasteiger partial charge on any atom is 0.294 e. The summed E-state index contributed by atoms with van der Waals surface area (Å²) in [5.41, 5.74) is 2.07. The molecule has 0 radical (unpaired) electrons. The average Bonchev–Trinajstić information content (AvgIpc) is 3.60. The Morgan fingerprint density at radius 3 is 2.77 bits per heavy atom. The molecule has 5 heterocycles. The lowest BCUT2D eigenvalue weighted by atomic mass is 10.2. The van der Waals surface area contributed by atoms with Crippen molar-refractivity contribution in [1.29, 1.82) is 0 Å². The minimum Gasteiger partial charge on any atom is -0.496 e. The summed E-state index contributed by atoms with van der Waals surface area (Å²) in [5, 5.41) is 5.68. The number of nitrogens with zero attached hydrogens (tertiary/aromatic N) is 6. The number of furan rings is 1. The summed E-state index contributed by atoms with van der Waals surface area (Å²) >= 11 is 1.36. The van der Waals surface area contributed by atoms with Gasteiger partial charge in [0.1, 0.15) is 29.4 Å². The van der Waals surface area contributed by atoms with Crippen LogP contribution in [0.15, 0.2) is 41.1 Å². The van der Waals surface area contributed by atoms with Crippen molar-refractivity contribution < 1.29 is 23.4 Å². The molecule has 1 aliphatic heterocycles. The van der Waals surface area contributed by atoms with Crippen LogP contribution in [0, 0.1) is 0 Å². The number of fused-ring (bicyclic) bond motifs is 2. The van der Waals surface area contributed by atoms with Crippen molar-refractivity contribution in [1.82, 2.24) is 24.6 Å². The molecule has 0 saturated carbocycles. The average molecular weight is 495 g/mol. The molecule has 0 N–H and O–H groups in total. The Balaban J connectivity index is 1.28. The van der Waals surface area contributed by atoms with Gasteiger partial charge in [0.25, 0.3) is 5.19 Å². The van der Waals surface area contributed by atoms with Crippen LogP contribution < -0.4 is 19.1 Å². The molecule has 0 bridgehead atoms. The molecule has 1 aliphatic rings. The Morgan fingerprint density at radius 1 is 1.09 bits per heavy atom. The summed E-state index contributed by atoms with van der Waals surface area (Å²) < 4.78 is 30.0. The summed E-state index contributed by atoms with van der Waals surface area (Å²) in [6, 6.07) is 7.42. The lowest BCUT2D eigenvalue weighted by Gasteiger charge is -2.26. The van der Waals surface area contributed by atoms with Crippen LogP contribution in [-0.2, 0) is 11.3 Å². The Morgan fingerprint density at radius 2 is 1.97 bits per heavy atom. The molecule has 4 aromatic heterocycles. The maximum absolute atomic E-state index is 6.19. The molecular weight excluding hydrogens is 472 g/mol. The molecule has 0 spiro atoms. The van der Waals surface area contributed by atoms with Gasteiger partial charge in [0.2, 0.25) is 10.9 Å². The number of benzene rings is 1. The molecule has 0 unspecified atom stereocenters. The number of morpholine rings is 1. The van der Waals surface area contributed by atoms with E-state index < -0.39 is 0 Å². The fourth-order valence-electron chi connectivity index (χ4n) is 3.86. The van der Waals surface area contributed by atoms with Gasteiger partial charge < -0.3 is 28.3 Å². The molecule has 12 heteroatoms. The Hall–Kier alpha value is -3.90.